The Labute approximate surface area is 119 Å². The maximum Gasteiger partial charge on any atom is 0.129 e. The van der Waals surface area contributed by atoms with Crippen LogP contribution < -0.4 is 4.74 Å². The summed E-state index contributed by atoms with van der Waals surface area (Å²) in [5.41, 5.74) is 1.78. The Morgan fingerprint density at radius 1 is 1.25 bits per heavy atom. The lowest BCUT2D eigenvalue weighted by Crippen LogP contribution is -2.54. The molecule has 4 rings (SSSR count). The van der Waals surface area contributed by atoms with Gasteiger partial charge in [0.15, 0.2) is 0 Å². The summed E-state index contributed by atoms with van der Waals surface area (Å²) < 4.78 is 12.7. The summed E-state index contributed by atoms with van der Waals surface area (Å²) >= 11 is 0. The van der Waals surface area contributed by atoms with E-state index < -0.39 is 0 Å². The minimum Gasteiger partial charge on any atom is -0.507 e. The third-order valence-corrected chi connectivity index (χ3v) is 5.70. The largest absolute Gasteiger partial charge is 0.507 e. The first-order chi connectivity index (χ1) is 9.33. The maximum atomic E-state index is 10.4. The quantitative estimate of drug-likeness (QED) is 0.783. The summed E-state index contributed by atoms with van der Waals surface area (Å²) in [7, 11) is 0. The van der Waals surface area contributed by atoms with Crippen LogP contribution in [0.4, 0.5) is 0 Å². The highest BCUT2D eigenvalue weighted by Gasteiger charge is 2.65. The van der Waals surface area contributed by atoms with Crippen LogP contribution in [-0.2, 0) is 4.74 Å². The molecule has 2 heterocycles. The Morgan fingerprint density at radius 2 is 2.00 bits per heavy atom. The number of aryl methyl sites for hydroxylation is 1. The lowest BCUT2D eigenvalue weighted by atomic mass is 9.59. The van der Waals surface area contributed by atoms with Crippen molar-refractivity contribution in [1.82, 2.24) is 0 Å². The molecule has 1 N–H and O–H groups in total. The smallest absolute Gasteiger partial charge is 0.129 e. The maximum absolute atomic E-state index is 10.4. The van der Waals surface area contributed by atoms with Crippen LogP contribution >= 0.6 is 0 Å². The molecule has 1 saturated carbocycles. The van der Waals surface area contributed by atoms with Gasteiger partial charge in [-0.15, -0.1) is 0 Å². The molecule has 3 heteroatoms. The van der Waals surface area contributed by atoms with Gasteiger partial charge in [0.25, 0.3) is 0 Å². The van der Waals surface area contributed by atoms with Crippen LogP contribution in [0.3, 0.4) is 0 Å². The van der Waals surface area contributed by atoms with E-state index in [0.717, 1.165) is 29.7 Å². The van der Waals surface area contributed by atoms with Gasteiger partial charge in [0.2, 0.25) is 0 Å². The predicted octanol–water partition coefficient (Wildman–Crippen LogP) is 3.73. The van der Waals surface area contributed by atoms with Gasteiger partial charge in [-0.2, -0.15) is 0 Å². The van der Waals surface area contributed by atoms with Crippen LogP contribution in [0.1, 0.15) is 50.8 Å². The molecule has 0 unspecified atom stereocenters. The molecule has 0 aromatic heterocycles. The Morgan fingerprint density at radius 3 is 2.75 bits per heavy atom. The van der Waals surface area contributed by atoms with Gasteiger partial charge >= 0.3 is 0 Å². The molecular formula is C17H22O3. The van der Waals surface area contributed by atoms with Gasteiger partial charge in [-0.3, -0.25) is 0 Å². The summed E-state index contributed by atoms with van der Waals surface area (Å²) in [5.74, 6) is 1.43. The number of fused-ring (bicyclic) bond motifs is 3. The molecule has 20 heavy (non-hydrogen) atoms. The standard InChI is InChI=1S/C17H22O3/c1-9-7-10(18)13-11(8-9)20-17(4)6-5-12-16(2,3)15(17)14(13)19-12/h7-8,12,14-15,18H,5-6H2,1-4H3/t12-,14-,15+,17-/m0/s1. The van der Waals surface area contributed by atoms with Crippen molar-refractivity contribution in [1.29, 1.82) is 0 Å². The van der Waals surface area contributed by atoms with Crippen molar-refractivity contribution >= 4 is 0 Å². The fourth-order valence-corrected chi connectivity index (χ4v) is 4.86. The molecule has 1 aromatic rings. The fraction of sp³-hybridized carbons (Fsp3) is 0.647. The van der Waals surface area contributed by atoms with Crippen molar-refractivity contribution in [3.8, 4) is 11.5 Å². The molecule has 1 aliphatic carbocycles. The molecule has 108 valence electrons. The zero-order chi connectivity index (χ0) is 14.3. The highest BCUT2D eigenvalue weighted by Crippen LogP contribution is 2.65. The van der Waals surface area contributed by atoms with Gasteiger partial charge in [0, 0.05) is 11.3 Å². The van der Waals surface area contributed by atoms with E-state index in [0.29, 0.717) is 11.7 Å². The monoisotopic (exact) mass is 274 g/mol. The van der Waals surface area contributed by atoms with Crippen LogP contribution in [0.25, 0.3) is 0 Å². The highest BCUT2D eigenvalue weighted by atomic mass is 16.5. The zero-order valence-electron chi connectivity index (χ0n) is 12.6. The van der Waals surface area contributed by atoms with Gasteiger partial charge in [0.05, 0.1) is 17.8 Å². The normalized spacial score (nSPS) is 40.1. The molecule has 0 amide bonds. The fourth-order valence-electron chi connectivity index (χ4n) is 4.86. The van der Waals surface area contributed by atoms with Gasteiger partial charge in [-0.1, -0.05) is 13.8 Å². The lowest BCUT2D eigenvalue weighted by Gasteiger charge is -2.50. The van der Waals surface area contributed by atoms with Gasteiger partial charge in [-0.25, -0.2) is 0 Å². The van der Waals surface area contributed by atoms with Crippen LogP contribution in [0.2, 0.25) is 0 Å². The lowest BCUT2D eigenvalue weighted by molar-refractivity contribution is -0.0710. The highest BCUT2D eigenvalue weighted by molar-refractivity contribution is 5.51. The molecule has 0 radical (unpaired) electrons. The van der Waals surface area contributed by atoms with E-state index in [-0.39, 0.29) is 23.2 Å². The molecule has 3 aliphatic rings. The predicted molar refractivity (Wildman–Crippen MR) is 76.0 cm³/mol. The van der Waals surface area contributed by atoms with Crippen LogP contribution in [-0.4, -0.2) is 16.8 Å². The second-order valence-electron chi connectivity index (χ2n) is 7.49. The molecule has 3 nitrogen and oxygen atoms in total. The number of phenolic OH excluding ortho intramolecular Hbond substituents is 1. The number of phenols is 1. The molecule has 4 atom stereocenters. The van der Waals surface area contributed by atoms with Crippen molar-refractivity contribution in [3.05, 3.63) is 23.3 Å². The first-order valence-electron chi connectivity index (χ1n) is 7.51. The van der Waals surface area contributed by atoms with E-state index >= 15 is 0 Å². The summed E-state index contributed by atoms with van der Waals surface area (Å²) in [6.45, 7) is 8.74. The second kappa shape index (κ2) is 3.51. The van der Waals surface area contributed by atoms with E-state index in [1.54, 1.807) is 0 Å². The van der Waals surface area contributed by atoms with Crippen molar-refractivity contribution < 1.29 is 14.6 Å². The van der Waals surface area contributed by atoms with E-state index in [1.807, 2.05) is 19.1 Å². The number of hydrogen-bond acceptors (Lipinski definition) is 3. The van der Waals surface area contributed by atoms with E-state index in [2.05, 4.69) is 20.8 Å². The summed E-state index contributed by atoms with van der Waals surface area (Å²) in [4.78, 5) is 0. The molecule has 2 fully saturated rings. The first kappa shape index (κ1) is 12.5. The Bertz CT molecular complexity index is 592. The molecule has 1 aromatic carbocycles. The van der Waals surface area contributed by atoms with Crippen molar-refractivity contribution in [2.24, 2.45) is 11.3 Å². The van der Waals surface area contributed by atoms with E-state index in [4.69, 9.17) is 9.47 Å². The van der Waals surface area contributed by atoms with E-state index in [1.165, 1.54) is 0 Å². The third kappa shape index (κ3) is 1.34. The van der Waals surface area contributed by atoms with Crippen LogP contribution in [0.15, 0.2) is 12.1 Å². The van der Waals surface area contributed by atoms with Crippen molar-refractivity contribution in [2.75, 3.05) is 0 Å². The van der Waals surface area contributed by atoms with Gasteiger partial charge in [0.1, 0.15) is 17.1 Å². The number of rotatable bonds is 0. The number of ether oxygens (including phenoxy) is 2. The first-order valence-corrected chi connectivity index (χ1v) is 7.51. The molecule has 0 spiro atoms. The molecule has 2 bridgehead atoms. The van der Waals surface area contributed by atoms with Gasteiger partial charge < -0.3 is 14.6 Å². The topological polar surface area (TPSA) is 38.7 Å². The SMILES string of the molecule is Cc1cc(O)c2c(c1)O[C@@]1(C)CC[C@@H]3O[C@@H]2[C@@H]1C3(C)C. The Hall–Kier alpha value is -1.22. The minimum atomic E-state index is -0.186. The average molecular weight is 274 g/mol. The third-order valence-electron chi connectivity index (χ3n) is 5.70. The Kier molecular flexibility index (Phi) is 2.19. The molecule has 2 aliphatic heterocycles. The molecule has 1 saturated heterocycles. The zero-order valence-corrected chi connectivity index (χ0v) is 12.6. The average Bonchev–Trinajstić information content (AvgIpc) is 2.50. The molecular weight excluding hydrogens is 252 g/mol. The summed E-state index contributed by atoms with van der Waals surface area (Å²) in [6, 6.07) is 3.84. The number of hydrogen-bond donors (Lipinski definition) is 1. The Balaban J connectivity index is 1.95. The number of benzene rings is 1. The van der Waals surface area contributed by atoms with Gasteiger partial charge in [-0.05, 0) is 44.4 Å². The van der Waals surface area contributed by atoms with Crippen molar-refractivity contribution in [2.45, 2.75) is 58.3 Å². The minimum absolute atomic E-state index is 0.0353. The second-order valence-corrected chi connectivity index (χ2v) is 7.49. The van der Waals surface area contributed by atoms with Crippen molar-refractivity contribution in [3.63, 3.8) is 0 Å². The summed E-state index contributed by atoms with van der Waals surface area (Å²) in [5, 5.41) is 10.4. The summed E-state index contributed by atoms with van der Waals surface area (Å²) in [6.07, 6.45) is 2.29. The van der Waals surface area contributed by atoms with Crippen LogP contribution in [0.5, 0.6) is 11.5 Å². The van der Waals surface area contributed by atoms with E-state index in [9.17, 15) is 5.11 Å². The van der Waals surface area contributed by atoms with Crippen LogP contribution in [0, 0.1) is 18.3 Å². The number of aromatic hydroxyl groups is 1.